The Morgan fingerprint density at radius 3 is 2.36 bits per heavy atom. The maximum Gasteiger partial charge on any atom is 0.243 e. The molecule has 0 N–H and O–H groups in total. The van der Waals surface area contributed by atoms with Crippen LogP contribution in [0.5, 0.6) is 0 Å². The lowest BCUT2D eigenvalue weighted by Crippen LogP contribution is -2.51. The molecule has 0 aliphatic heterocycles. The highest BCUT2D eigenvalue weighted by molar-refractivity contribution is 5.86. The topological polar surface area (TPSA) is 44.1 Å². The van der Waals surface area contributed by atoms with Crippen molar-refractivity contribution in [2.24, 2.45) is 5.41 Å². The van der Waals surface area contributed by atoms with Crippen molar-refractivity contribution in [1.82, 2.24) is 4.90 Å². The monoisotopic (exact) mass is 192 g/mol. The molecule has 3 heteroatoms. The Bertz CT molecular complexity index is 284. The second-order valence-corrected chi connectivity index (χ2v) is 4.55. The highest BCUT2D eigenvalue weighted by Crippen LogP contribution is 2.42. The van der Waals surface area contributed by atoms with E-state index >= 15 is 0 Å². The van der Waals surface area contributed by atoms with Gasteiger partial charge in [0, 0.05) is 13.1 Å². The van der Waals surface area contributed by atoms with Crippen LogP contribution < -0.4 is 0 Å². The first kappa shape index (κ1) is 9.51. The van der Waals surface area contributed by atoms with Gasteiger partial charge >= 0.3 is 0 Å². The van der Waals surface area contributed by atoms with E-state index in [0.717, 1.165) is 32.1 Å². The summed E-state index contributed by atoms with van der Waals surface area (Å²) in [5.41, 5.74) is -0.648. The van der Waals surface area contributed by atoms with E-state index in [0.29, 0.717) is 6.04 Å². The Labute approximate surface area is 84.7 Å². The molecule has 1 amide bonds. The van der Waals surface area contributed by atoms with E-state index in [9.17, 15) is 4.79 Å². The molecule has 0 radical (unpaired) electrons. The third-order valence-electron chi connectivity index (χ3n) is 3.77. The molecule has 0 spiro atoms. The predicted molar refractivity (Wildman–Crippen MR) is 52.3 cm³/mol. The Hall–Kier alpha value is -1.04. The number of amides is 1. The first-order valence-electron chi connectivity index (χ1n) is 5.38. The molecule has 0 aromatic heterocycles. The lowest BCUT2D eigenvalue weighted by atomic mass is 9.68. The standard InChI is InChI=1S/C11H16N2O/c1-13(9-4-2-5-9)10(14)11(8-12)6-3-7-11/h9H,2-7H2,1H3. The molecule has 2 fully saturated rings. The Balaban J connectivity index is 2.03. The lowest BCUT2D eigenvalue weighted by molar-refractivity contribution is -0.145. The van der Waals surface area contributed by atoms with Crippen LogP contribution in [0.1, 0.15) is 38.5 Å². The highest BCUT2D eigenvalue weighted by atomic mass is 16.2. The number of nitriles is 1. The van der Waals surface area contributed by atoms with Crippen LogP contribution in [0.15, 0.2) is 0 Å². The van der Waals surface area contributed by atoms with Crippen molar-refractivity contribution in [1.29, 1.82) is 5.26 Å². The van der Waals surface area contributed by atoms with Crippen molar-refractivity contribution in [2.75, 3.05) is 7.05 Å². The summed E-state index contributed by atoms with van der Waals surface area (Å²) in [6.07, 6.45) is 6.01. The molecule has 0 atom stereocenters. The minimum absolute atomic E-state index is 0.0657. The first-order chi connectivity index (χ1) is 6.69. The van der Waals surface area contributed by atoms with E-state index in [4.69, 9.17) is 5.26 Å². The maximum atomic E-state index is 12.0. The summed E-state index contributed by atoms with van der Waals surface area (Å²) >= 11 is 0. The van der Waals surface area contributed by atoms with E-state index < -0.39 is 5.41 Å². The second kappa shape index (κ2) is 3.27. The zero-order valence-corrected chi connectivity index (χ0v) is 8.62. The van der Waals surface area contributed by atoms with Crippen LogP contribution in [0.2, 0.25) is 0 Å². The molecule has 0 aromatic carbocycles. The van der Waals surface area contributed by atoms with E-state index in [1.165, 1.54) is 6.42 Å². The fraction of sp³-hybridized carbons (Fsp3) is 0.818. The van der Waals surface area contributed by atoms with Crippen molar-refractivity contribution >= 4 is 5.91 Å². The third-order valence-corrected chi connectivity index (χ3v) is 3.77. The number of hydrogen-bond acceptors (Lipinski definition) is 2. The summed E-state index contributed by atoms with van der Waals surface area (Å²) in [5, 5.41) is 9.03. The van der Waals surface area contributed by atoms with Gasteiger partial charge < -0.3 is 4.90 Å². The lowest BCUT2D eigenvalue weighted by Gasteiger charge is -2.42. The molecule has 3 nitrogen and oxygen atoms in total. The van der Waals surface area contributed by atoms with Crippen LogP contribution in [-0.2, 0) is 4.79 Å². The average Bonchev–Trinajstić information content (AvgIpc) is 1.99. The maximum absolute atomic E-state index is 12.0. The average molecular weight is 192 g/mol. The van der Waals surface area contributed by atoms with Crippen molar-refractivity contribution in [2.45, 2.75) is 44.6 Å². The molecule has 14 heavy (non-hydrogen) atoms. The summed E-state index contributed by atoms with van der Waals surface area (Å²) in [4.78, 5) is 13.8. The number of carbonyl (C=O) groups excluding carboxylic acids is 1. The first-order valence-corrected chi connectivity index (χ1v) is 5.38. The predicted octanol–water partition coefficient (Wildman–Crippen LogP) is 1.69. The van der Waals surface area contributed by atoms with E-state index in [1.54, 1.807) is 0 Å². The van der Waals surface area contributed by atoms with Crippen LogP contribution >= 0.6 is 0 Å². The molecule has 0 heterocycles. The van der Waals surface area contributed by atoms with Crippen LogP contribution in [-0.4, -0.2) is 23.9 Å². The van der Waals surface area contributed by atoms with Crippen LogP contribution in [0.3, 0.4) is 0 Å². The van der Waals surface area contributed by atoms with Crippen LogP contribution in [0, 0.1) is 16.7 Å². The molecular weight excluding hydrogens is 176 g/mol. The zero-order valence-electron chi connectivity index (χ0n) is 8.62. The summed E-state index contributed by atoms with van der Waals surface area (Å²) in [6, 6.07) is 2.62. The molecule has 2 aliphatic rings. The van der Waals surface area contributed by atoms with E-state index in [1.807, 2.05) is 11.9 Å². The molecule has 2 saturated carbocycles. The smallest absolute Gasteiger partial charge is 0.243 e. The second-order valence-electron chi connectivity index (χ2n) is 4.55. The molecule has 0 saturated heterocycles. The summed E-state index contributed by atoms with van der Waals surface area (Å²) in [7, 11) is 1.85. The summed E-state index contributed by atoms with van der Waals surface area (Å²) in [6.45, 7) is 0. The molecule has 0 bridgehead atoms. The molecule has 0 aromatic rings. The SMILES string of the molecule is CN(C(=O)C1(C#N)CCC1)C1CCC1. The fourth-order valence-electron chi connectivity index (χ4n) is 2.18. The number of carbonyl (C=O) groups is 1. The van der Waals surface area contributed by atoms with Gasteiger partial charge in [0.2, 0.25) is 5.91 Å². The molecule has 2 aliphatic carbocycles. The molecular formula is C11H16N2O. The minimum atomic E-state index is -0.648. The number of rotatable bonds is 2. The van der Waals surface area contributed by atoms with Gasteiger partial charge in [-0.2, -0.15) is 5.26 Å². The number of nitrogens with zero attached hydrogens (tertiary/aromatic N) is 2. The number of hydrogen-bond donors (Lipinski definition) is 0. The summed E-state index contributed by atoms with van der Waals surface area (Å²) < 4.78 is 0. The Morgan fingerprint density at radius 2 is 2.07 bits per heavy atom. The van der Waals surface area contributed by atoms with Crippen LogP contribution in [0.4, 0.5) is 0 Å². The Morgan fingerprint density at radius 1 is 1.43 bits per heavy atom. The van der Waals surface area contributed by atoms with Crippen molar-refractivity contribution < 1.29 is 4.79 Å². The van der Waals surface area contributed by atoms with Gasteiger partial charge in [-0.1, -0.05) is 0 Å². The van der Waals surface area contributed by atoms with Gasteiger partial charge in [0.05, 0.1) is 6.07 Å². The van der Waals surface area contributed by atoms with E-state index in [2.05, 4.69) is 6.07 Å². The highest BCUT2D eigenvalue weighted by Gasteiger charge is 2.47. The van der Waals surface area contributed by atoms with Gasteiger partial charge in [-0.3, -0.25) is 4.79 Å². The van der Waals surface area contributed by atoms with Gasteiger partial charge in [-0.05, 0) is 38.5 Å². The van der Waals surface area contributed by atoms with E-state index in [-0.39, 0.29) is 5.91 Å². The molecule has 76 valence electrons. The summed E-state index contributed by atoms with van der Waals surface area (Å²) in [5.74, 6) is 0.0657. The minimum Gasteiger partial charge on any atom is -0.341 e. The zero-order chi connectivity index (χ0) is 10.2. The van der Waals surface area contributed by atoms with Gasteiger partial charge in [-0.25, -0.2) is 0 Å². The van der Waals surface area contributed by atoms with Crippen molar-refractivity contribution in [3.63, 3.8) is 0 Å². The van der Waals surface area contributed by atoms with Gasteiger partial charge in [0.25, 0.3) is 0 Å². The fourth-order valence-corrected chi connectivity index (χ4v) is 2.18. The molecule has 0 unspecified atom stereocenters. The molecule has 2 rings (SSSR count). The van der Waals surface area contributed by atoms with Crippen molar-refractivity contribution in [3.8, 4) is 6.07 Å². The van der Waals surface area contributed by atoms with Crippen molar-refractivity contribution in [3.05, 3.63) is 0 Å². The van der Waals surface area contributed by atoms with Gasteiger partial charge in [0.1, 0.15) is 5.41 Å². The van der Waals surface area contributed by atoms with Gasteiger partial charge in [-0.15, -0.1) is 0 Å². The van der Waals surface area contributed by atoms with Gasteiger partial charge in [0.15, 0.2) is 0 Å². The Kier molecular flexibility index (Phi) is 2.22. The third kappa shape index (κ3) is 1.21. The normalized spacial score (nSPS) is 24.3. The quantitative estimate of drug-likeness (QED) is 0.668. The largest absolute Gasteiger partial charge is 0.341 e. The van der Waals surface area contributed by atoms with Crippen LogP contribution in [0.25, 0.3) is 0 Å².